The van der Waals surface area contributed by atoms with Gasteiger partial charge in [0.05, 0.1) is 18.6 Å². The third kappa shape index (κ3) is 14.2. The van der Waals surface area contributed by atoms with Crippen LogP contribution in [0.2, 0.25) is 0 Å². The van der Waals surface area contributed by atoms with Gasteiger partial charge in [-0.15, -0.1) is 0 Å². The first kappa shape index (κ1) is 34.6. The van der Waals surface area contributed by atoms with Crippen molar-refractivity contribution < 1.29 is 29.1 Å². The van der Waals surface area contributed by atoms with Crippen LogP contribution >= 0.6 is 0 Å². The molecule has 0 saturated carbocycles. The van der Waals surface area contributed by atoms with Gasteiger partial charge in [0, 0.05) is 13.0 Å². The molecule has 4 N–H and O–H groups in total. The Morgan fingerprint density at radius 1 is 1.07 bits per heavy atom. The van der Waals surface area contributed by atoms with Gasteiger partial charge in [-0.2, -0.15) is 0 Å². The molecule has 1 aromatic rings. The lowest BCUT2D eigenvalue weighted by Gasteiger charge is -2.32. The number of ether oxygens (including phenoxy) is 2. The number of hydrogen-bond donors (Lipinski definition) is 4. The average molecular weight is 576 g/mol. The zero-order chi connectivity index (χ0) is 30.3. The van der Waals surface area contributed by atoms with E-state index in [9.17, 15) is 14.4 Å². The highest BCUT2D eigenvalue weighted by molar-refractivity contribution is 5.82. The molecule has 41 heavy (non-hydrogen) atoms. The first-order chi connectivity index (χ1) is 19.5. The number of nitrogens with one attached hydrogen (secondary N) is 3. The zero-order valence-electron chi connectivity index (χ0n) is 25.8. The molecule has 9 nitrogen and oxygen atoms in total. The van der Waals surface area contributed by atoms with E-state index in [0.717, 1.165) is 56.3 Å². The number of fused-ring (bicyclic) bond motifs is 13. The molecule has 1 aromatic carbocycles. The summed E-state index contributed by atoms with van der Waals surface area (Å²) in [6.45, 7) is 11.7. The van der Waals surface area contributed by atoms with Crippen molar-refractivity contribution in [1.82, 2.24) is 16.1 Å². The SMILES string of the molecule is CC(C)C[C@H]1CN[C@H](C(=O)NCCCCCC(=O)NO)Cc2ccc(cc2)OCCCCC[C@H]1C(=O)OC(C)(C)C. The molecule has 0 radical (unpaired) electrons. The van der Waals surface area contributed by atoms with E-state index in [1.807, 2.05) is 45.0 Å². The van der Waals surface area contributed by atoms with Gasteiger partial charge < -0.3 is 20.1 Å². The second-order valence-corrected chi connectivity index (χ2v) is 12.7. The molecule has 2 heterocycles. The number of hydrogen-bond acceptors (Lipinski definition) is 7. The van der Waals surface area contributed by atoms with Crippen LogP contribution in [-0.4, -0.2) is 54.3 Å². The van der Waals surface area contributed by atoms with Crippen LogP contribution < -0.4 is 20.9 Å². The maximum absolute atomic E-state index is 13.4. The molecule has 0 spiro atoms. The Morgan fingerprint density at radius 3 is 2.46 bits per heavy atom. The summed E-state index contributed by atoms with van der Waals surface area (Å²) in [7, 11) is 0. The van der Waals surface area contributed by atoms with Gasteiger partial charge in [-0.3, -0.25) is 19.6 Å². The van der Waals surface area contributed by atoms with Gasteiger partial charge in [0.15, 0.2) is 0 Å². The molecule has 0 aromatic heterocycles. The minimum absolute atomic E-state index is 0.0318. The molecule has 0 unspecified atom stereocenters. The van der Waals surface area contributed by atoms with Crippen molar-refractivity contribution in [1.29, 1.82) is 0 Å². The average Bonchev–Trinajstić information content (AvgIpc) is 2.90. The first-order valence-electron chi connectivity index (χ1n) is 15.4. The summed E-state index contributed by atoms with van der Waals surface area (Å²) in [5.74, 6) is 0.332. The number of rotatable bonds is 10. The third-order valence-electron chi connectivity index (χ3n) is 7.29. The summed E-state index contributed by atoms with van der Waals surface area (Å²) >= 11 is 0. The second kappa shape index (κ2) is 18.0. The largest absolute Gasteiger partial charge is 0.494 e. The van der Waals surface area contributed by atoms with Crippen molar-refractivity contribution in [3.8, 4) is 5.75 Å². The Hall–Kier alpha value is -2.65. The number of carbonyl (C=O) groups excluding carboxylic acids is 3. The van der Waals surface area contributed by atoms with Gasteiger partial charge in [0.1, 0.15) is 11.4 Å². The molecular weight excluding hydrogens is 522 g/mol. The maximum Gasteiger partial charge on any atom is 0.309 e. The predicted octanol–water partition coefficient (Wildman–Crippen LogP) is 4.94. The summed E-state index contributed by atoms with van der Waals surface area (Å²) in [4.78, 5) is 38.0. The van der Waals surface area contributed by atoms with Crippen molar-refractivity contribution >= 4 is 17.8 Å². The van der Waals surface area contributed by atoms with Crippen LogP contribution in [0.25, 0.3) is 0 Å². The van der Waals surface area contributed by atoms with Crippen LogP contribution in [0.4, 0.5) is 0 Å². The fourth-order valence-corrected chi connectivity index (χ4v) is 5.24. The van der Waals surface area contributed by atoms with Crippen LogP contribution in [0, 0.1) is 17.8 Å². The van der Waals surface area contributed by atoms with Crippen molar-refractivity contribution in [2.75, 3.05) is 19.7 Å². The number of hydroxylamine groups is 1. The monoisotopic (exact) mass is 575 g/mol. The van der Waals surface area contributed by atoms with E-state index in [0.29, 0.717) is 38.5 Å². The Balaban J connectivity index is 2.19. The number of benzene rings is 1. The molecule has 9 heteroatoms. The van der Waals surface area contributed by atoms with Gasteiger partial charge in [0.25, 0.3) is 0 Å². The van der Waals surface area contributed by atoms with Crippen molar-refractivity contribution in [2.24, 2.45) is 17.8 Å². The summed E-state index contributed by atoms with van der Waals surface area (Å²) < 4.78 is 11.8. The minimum Gasteiger partial charge on any atom is -0.494 e. The smallest absolute Gasteiger partial charge is 0.309 e. The first-order valence-corrected chi connectivity index (χ1v) is 15.4. The van der Waals surface area contributed by atoms with E-state index in [1.165, 1.54) is 0 Å². The topological polar surface area (TPSA) is 126 Å². The summed E-state index contributed by atoms with van der Waals surface area (Å²) in [5.41, 5.74) is 2.10. The van der Waals surface area contributed by atoms with E-state index in [1.54, 1.807) is 5.48 Å². The molecule has 0 fully saturated rings. The number of carbonyl (C=O) groups is 3. The summed E-state index contributed by atoms with van der Waals surface area (Å²) in [5, 5.41) is 15.2. The lowest BCUT2D eigenvalue weighted by Crippen LogP contribution is -2.48. The molecule has 2 amide bonds. The van der Waals surface area contributed by atoms with E-state index >= 15 is 0 Å². The van der Waals surface area contributed by atoms with Crippen LogP contribution in [0.15, 0.2) is 24.3 Å². The Bertz CT molecular complexity index is 928. The Kier molecular flexibility index (Phi) is 15.2. The van der Waals surface area contributed by atoms with Crippen molar-refractivity contribution in [3.05, 3.63) is 29.8 Å². The molecule has 0 aliphatic carbocycles. The standard InChI is InChI=1S/C32H53N3O6/c1-23(2)20-25-22-34-28(30(37)33-18-10-6-9-13-29(36)35-39)21-24-14-16-26(17-15-24)40-19-11-7-8-12-27(25)31(38)41-32(3,4)5/h14-17,23,25,27-28,34,39H,6-13,18-22H2,1-5H3,(H,33,37)(H,35,36)/t25-,27+,28-/m0/s1. The predicted molar refractivity (Wildman–Crippen MR) is 160 cm³/mol. The minimum atomic E-state index is -0.563. The van der Waals surface area contributed by atoms with Gasteiger partial charge in [0.2, 0.25) is 11.8 Å². The maximum atomic E-state index is 13.4. The van der Waals surface area contributed by atoms with Gasteiger partial charge >= 0.3 is 5.97 Å². The van der Waals surface area contributed by atoms with Crippen LogP contribution in [-0.2, 0) is 25.5 Å². The number of unbranched alkanes of at least 4 members (excludes halogenated alkanes) is 2. The highest BCUT2D eigenvalue weighted by atomic mass is 16.6. The normalized spacial score (nSPS) is 20.7. The Morgan fingerprint density at radius 2 is 1.80 bits per heavy atom. The fourth-order valence-electron chi connectivity index (χ4n) is 5.24. The Labute approximate surface area is 246 Å². The van der Waals surface area contributed by atoms with E-state index < -0.39 is 17.6 Å². The quantitative estimate of drug-likeness (QED) is 0.135. The van der Waals surface area contributed by atoms with Crippen LogP contribution in [0.3, 0.4) is 0 Å². The molecule has 3 atom stereocenters. The zero-order valence-corrected chi connectivity index (χ0v) is 25.8. The van der Waals surface area contributed by atoms with Crippen LogP contribution in [0.1, 0.15) is 98.0 Å². The number of esters is 1. The molecular formula is C32H53N3O6. The fraction of sp³-hybridized carbons (Fsp3) is 0.719. The summed E-state index contributed by atoms with van der Waals surface area (Å²) in [6, 6.07) is 7.45. The summed E-state index contributed by atoms with van der Waals surface area (Å²) in [6.07, 6.45) is 7.30. The van der Waals surface area contributed by atoms with Gasteiger partial charge in [-0.05, 0) is 95.4 Å². The number of amides is 2. The van der Waals surface area contributed by atoms with E-state index in [4.69, 9.17) is 14.7 Å². The van der Waals surface area contributed by atoms with E-state index in [-0.39, 0.29) is 30.1 Å². The molecule has 2 aliphatic heterocycles. The van der Waals surface area contributed by atoms with Crippen molar-refractivity contribution in [2.45, 2.75) is 110 Å². The second-order valence-electron chi connectivity index (χ2n) is 12.7. The molecule has 2 aliphatic rings. The lowest BCUT2D eigenvalue weighted by molar-refractivity contribution is -0.162. The van der Waals surface area contributed by atoms with Gasteiger partial charge in [-0.25, -0.2) is 5.48 Å². The van der Waals surface area contributed by atoms with Gasteiger partial charge in [-0.1, -0.05) is 45.2 Å². The molecule has 3 rings (SSSR count). The van der Waals surface area contributed by atoms with E-state index in [2.05, 4.69) is 24.5 Å². The highest BCUT2D eigenvalue weighted by Crippen LogP contribution is 2.29. The molecule has 2 bridgehead atoms. The van der Waals surface area contributed by atoms with Crippen LogP contribution in [0.5, 0.6) is 5.75 Å². The lowest BCUT2D eigenvalue weighted by atomic mass is 9.81. The third-order valence-corrected chi connectivity index (χ3v) is 7.29. The molecule has 0 saturated heterocycles. The molecule has 232 valence electrons. The highest BCUT2D eigenvalue weighted by Gasteiger charge is 2.33. The van der Waals surface area contributed by atoms with Crippen molar-refractivity contribution in [3.63, 3.8) is 0 Å².